The molecule has 0 amide bonds. The van der Waals surface area contributed by atoms with Crippen LogP contribution in [0.15, 0.2) is 46.9 Å². The molecule has 0 saturated heterocycles. The predicted octanol–water partition coefficient (Wildman–Crippen LogP) is 5.09. The van der Waals surface area contributed by atoms with Crippen LogP contribution in [0.25, 0.3) is 0 Å². The van der Waals surface area contributed by atoms with Crippen molar-refractivity contribution in [3.63, 3.8) is 0 Å². The van der Waals surface area contributed by atoms with E-state index in [2.05, 4.69) is 28.2 Å². The van der Waals surface area contributed by atoms with Gasteiger partial charge in [0.15, 0.2) is 0 Å². The minimum Gasteiger partial charge on any atom is -0.306 e. The third-order valence-electron chi connectivity index (χ3n) is 2.98. The largest absolute Gasteiger partial charge is 0.306 e. The minimum absolute atomic E-state index is 0.174. The highest BCUT2D eigenvalue weighted by Crippen LogP contribution is 2.20. The molecule has 2 rings (SSSR count). The monoisotopic (exact) mass is 341 g/mol. The molecule has 1 nitrogen and oxygen atoms in total. The van der Waals surface area contributed by atoms with Gasteiger partial charge in [-0.1, -0.05) is 39.7 Å². The number of hydrogen-bond acceptors (Lipinski definition) is 1. The summed E-state index contributed by atoms with van der Waals surface area (Å²) in [5.41, 5.74) is 2.05. The van der Waals surface area contributed by atoms with E-state index in [1.54, 1.807) is 6.07 Å². The van der Waals surface area contributed by atoms with E-state index >= 15 is 0 Å². The molecule has 0 aliphatic carbocycles. The van der Waals surface area contributed by atoms with Gasteiger partial charge in [-0.25, -0.2) is 4.39 Å². The summed E-state index contributed by atoms with van der Waals surface area (Å²) in [6, 6.07) is 12.6. The maximum atomic E-state index is 13.2. The van der Waals surface area contributed by atoms with Crippen molar-refractivity contribution in [2.45, 2.75) is 19.5 Å². The first-order chi connectivity index (χ1) is 9.06. The molecule has 0 radical (unpaired) electrons. The summed E-state index contributed by atoms with van der Waals surface area (Å²) in [6.07, 6.45) is 0. The van der Waals surface area contributed by atoms with Crippen LogP contribution in [0.4, 0.5) is 4.39 Å². The number of halogens is 3. The lowest BCUT2D eigenvalue weighted by atomic mass is 10.1. The SMILES string of the molecule is C[C@H](NCc1cc(F)ccc1Br)c1ccc(Cl)cc1. The first-order valence-corrected chi connectivity index (χ1v) is 7.16. The highest BCUT2D eigenvalue weighted by Gasteiger charge is 2.07. The van der Waals surface area contributed by atoms with Crippen molar-refractivity contribution in [1.82, 2.24) is 5.32 Å². The van der Waals surface area contributed by atoms with Crippen LogP contribution < -0.4 is 5.32 Å². The van der Waals surface area contributed by atoms with E-state index in [4.69, 9.17) is 11.6 Å². The molecular weight excluding hydrogens is 329 g/mol. The van der Waals surface area contributed by atoms with Crippen molar-refractivity contribution in [2.75, 3.05) is 0 Å². The lowest BCUT2D eigenvalue weighted by Gasteiger charge is -2.15. The van der Waals surface area contributed by atoms with Crippen LogP contribution in [-0.4, -0.2) is 0 Å². The fraction of sp³-hybridized carbons (Fsp3) is 0.200. The fourth-order valence-electron chi connectivity index (χ4n) is 1.81. The molecular formula is C15H14BrClFN. The van der Waals surface area contributed by atoms with Crippen LogP contribution in [0.2, 0.25) is 5.02 Å². The van der Waals surface area contributed by atoms with Crippen LogP contribution in [0.3, 0.4) is 0 Å². The molecule has 0 aromatic heterocycles. The third-order valence-corrected chi connectivity index (χ3v) is 4.00. The van der Waals surface area contributed by atoms with Crippen molar-refractivity contribution in [1.29, 1.82) is 0 Å². The molecule has 100 valence electrons. The Morgan fingerprint density at radius 2 is 1.89 bits per heavy atom. The van der Waals surface area contributed by atoms with Crippen LogP contribution >= 0.6 is 27.5 Å². The summed E-state index contributed by atoms with van der Waals surface area (Å²) < 4.78 is 14.1. The zero-order valence-electron chi connectivity index (χ0n) is 10.5. The van der Waals surface area contributed by atoms with Crippen molar-refractivity contribution >= 4 is 27.5 Å². The predicted molar refractivity (Wildman–Crippen MR) is 80.8 cm³/mol. The van der Waals surface area contributed by atoms with Gasteiger partial charge >= 0.3 is 0 Å². The second-order valence-corrected chi connectivity index (χ2v) is 5.68. The van der Waals surface area contributed by atoms with Crippen molar-refractivity contribution in [2.24, 2.45) is 0 Å². The zero-order chi connectivity index (χ0) is 13.8. The van der Waals surface area contributed by atoms with Gasteiger partial charge in [-0.2, -0.15) is 0 Å². The van der Waals surface area contributed by atoms with Gasteiger partial charge in [0.1, 0.15) is 5.82 Å². The first-order valence-electron chi connectivity index (χ1n) is 5.99. The maximum absolute atomic E-state index is 13.2. The molecule has 0 bridgehead atoms. The highest BCUT2D eigenvalue weighted by atomic mass is 79.9. The lowest BCUT2D eigenvalue weighted by Crippen LogP contribution is -2.18. The van der Waals surface area contributed by atoms with Crippen LogP contribution in [-0.2, 0) is 6.54 Å². The Bertz CT molecular complexity index is 557. The van der Waals surface area contributed by atoms with Gasteiger partial charge in [0.2, 0.25) is 0 Å². The highest BCUT2D eigenvalue weighted by molar-refractivity contribution is 9.10. The molecule has 2 aromatic carbocycles. The summed E-state index contributed by atoms with van der Waals surface area (Å²) in [6.45, 7) is 2.67. The van der Waals surface area contributed by atoms with Gasteiger partial charge in [-0.3, -0.25) is 0 Å². The number of hydrogen-bond donors (Lipinski definition) is 1. The molecule has 4 heteroatoms. The molecule has 0 saturated carbocycles. The topological polar surface area (TPSA) is 12.0 Å². The van der Waals surface area contributed by atoms with Crippen molar-refractivity contribution in [3.05, 3.63) is 68.9 Å². The van der Waals surface area contributed by atoms with E-state index in [9.17, 15) is 4.39 Å². The summed E-state index contributed by atoms with van der Waals surface area (Å²) in [4.78, 5) is 0. The summed E-state index contributed by atoms with van der Waals surface area (Å²) in [5, 5.41) is 4.09. The van der Waals surface area contributed by atoms with E-state index in [1.165, 1.54) is 12.1 Å². The second-order valence-electron chi connectivity index (χ2n) is 4.39. The Kier molecular flexibility index (Phi) is 4.97. The Morgan fingerprint density at radius 3 is 2.58 bits per heavy atom. The molecule has 0 unspecified atom stereocenters. The van der Waals surface area contributed by atoms with E-state index in [0.717, 1.165) is 20.6 Å². The zero-order valence-corrected chi connectivity index (χ0v) is 12.8. The summed E-state index contributed by atoms with van der Waals surface area (Å²) in [7, 11) is 0. The van der Waals surface area contributed by atoms with Gasteiger partial charge in [0.25, 0.3) is 0 Å². The molecule has 0 aliphatic rings. The molecule has 1 N–H and O–H groups in total. The van der Waals surface area contributed by atoms with E-state index in [1.807, 2.05) is 24.3 Å². The van der Waals surface area contributed by atoms with Gasteiger partial charge in [-0.05, 0) is 48.4 Å². The Balaban J connectivity index is 2.02. The second kappa shape index (κ2) is 6.51. The Morgan fingerprint density at radius 1 is 1.21 bits per heavy atom. The van der Waals surface area contributed by atoms with Crippen LogP contribution in [0.5, 0.6) is 0 Å². The summed E-state index contributed by atoms with van der Waals surface area (Å²) in [5.74, 6) is -0.223. The van der Waals surface area contributed by atoms with Gasteiger partial charge < -0.3 is 5.32 Å². The molecule has 0 heterocycles. The number of nitrogens with one attached hydrogen (secondary N) is 1. The number of benzene rings is 2. The van der Waals surface area contributed by atoms with Crippen LogP contribution in [0.1, 0.15) is 24.1 Å². The smallest absolute Gasteiger partial charge is 0.123 e. The average molecular weight is 343 g/mol. The van der Waals surface area contributed by atoms with Gasteiger partial charge in [-0.15, -0.1) is 0 Å². The molecule has 1 atom stereocenters. The maximum Gasteiger partial charge on any atom is 0.123 e. The van der Waals surface area contributed by atoms with Gasteiger partial charge in [0, 0.05) is 22.1 Å². The standard InChI is InChI=1S/C15H14BrClFN/c1-10(11-2-4-13(17)5-3-11)19-9-12-8-14(18)6-7-15(12)16/h2-8,10,19H,9H2,1H3/t10-/m0/s1. The molecule has 19 heavy (non-hydrogen) atoms. The molecule has 0 aliphatic heterocycles. The van der Waals surface area contributed by atoms with Crippen molar-refractivity contribution < 1.29 is 4.39 Å². The lowest BCUT2D eigenvalue weighted by molar-refractivity contribution is 0.568. The third kappa shape index (κ3) is 4.03. The minimum atomic E-state index is -0.223. The molecule has 0 fully saturated rings. The fourth-order valence-corrected chi connectivity index (χ4v) is 2.32. The average Bonchev–Trinajstić information content (AvgIpc) is 2.40. The summed E-state index contributed by atoms with van der Waals surface area (Å²) >= 11 is 9.28. The normalized spacial score (nSPS) is 12.4. The Labute approximate surface area is 125 Å². The number of rotatable bonds is 4. The van der Waals surface area contributed by atoms with Crippen molar-refractivity contribution in [3.8, 4) is 0 Å². The first kappa shape index (κ1) is 14.5. The Hall–Kier alpha value is -0.900. The molecule has 2 aromatic rings. The van der Waals surface area contributed by atoms with E-state index < -0.39 is 0 Å². The molecule has 0 spiro atoms. The van der Waals surface area contributed by atoms with E-state index in [0.29, 0.717) is 6.54 Å². The van der Waals surface area contributed by atoms with E-state index in [-0.39, 0.29) is 11.9 Å². The van der Waals surface area contributed by atoms with Crippen LogP contribution in [0, 0.1) is 5.82 Å². The van der Waals surface area contributed by atoms with Gasteiger partial charge in [0.05, 0.1) is 0 Å². The quantitative estimate of drug-likeness (QED) is 0.816.